The zero-order valence-electron chi connectivity index (χ0n) is 6.90. The molecule has 0 aliphatic rings. The van der Waals surface area contributed by atoms with Crippen molar-refractivity contribution in [1.29, 1.82) is 0 Å². The second-order valence-electron chi connectivity index (χ2n) is 2.64. The molecule has 13 heavy (non-hydrogen) atoms. The van der Waals surface area contributed by atoms with Crippen LogP contribution in [-0.4, -0.2) is 0 Å². The van der Waals surface area contributed by atoms with Gasteiger partial charge in [0.1, 0.15) is 5.76 Å². The zero-order valence-corrected chi connectivity index (χ0v) is 6.90. The molecule has 1 aromatic heterocycles. The van der Waals surface area contributed by atoms with Crippen LogP contribution in [0, 0.1) is 6.57 Å². The molecule has 2 aromatic rings. The average Bonchev–Trinajstić information content (AvgIpc) is 2.71. The Balaban J connectivity index is 2.40. The molecule has 0 spiro atoms. The maximum absolute atomic E-state index is 6.79. The Kier molecular flexibility index (Phi) is 1.85. The van der Waals surface area contributed by atoms with Crippen LogP contribution in [0.15, 0.2) is 47.1 Å². The number of benzene rings is 1. The number of rotatable bonds is 1. The van der Waals surface area contributed by atoms with Gasteiger partial charge in [0.15, 0.2) is 5.69 Å². The van der Waals surface area contributed by atoms with Crippen LogP contribution in [0.25, 0.3) is 16.2 Å². The first-order valence-electron chi connectivity index (χ1n) is 3.91. The van der Waals surface area contributed by atoms with E-state index in [1.165, 1.54) is 0 Å². The van der Waals surface area contributed by atoms with E-state index in [0.717, 1.165) is 11.3 Å². The highest BCUT2D eigenvalue weighted by Crippen LogP contribution is 2.22. The second kappa shape index (κ2) is 3.16. The summed E-state index contributed by atoms with van der Waals surface area (Å²) in [5, 5.41) is 0. The van der Waals surface area contributed by atoms with Crippen molar-refractivity contribution in [2.45, 2.75) is 0 Å². The van der Waals surface area contributed by atoms with Crippen LogP contribution in [0.1, 0.15) is 0 Å². The monoisotopic (exact) mass is 169 g/mol. The molecule has 2 nitrogen and oxygen atoms in total. The van der Waals surface area contributed by atoms with Crippen LogP contribution in [-0.2, 0) is 0 Å². The fourth-order valence-corrected chi connectivity index (χ4v) is 1.14. The number of hydrogen-bond acceptors (Lipinski definition) is 1. The molecule has 0 unspecified atom stereocenters. The molecule has 62 valence electrons. The van der Waals surface area contributed by atoms with E-state index in [4.69, 9.17) is 11.0 Å². The van der Waals surface area contributed by atoms with Gasteiger partial charge in [0.25, 0.3) is 0 Å². The van der Waals surface area contributed by atoms with E-state index in [0.29, 0.717) is 5.69 Å². The van der Waals surface area contributed by atoms with Crippen LogP contribution in [0.3, 0.4) is 0 Å². The Labute approximate surface area is 76.3 Å². The van der Waals surface area contributed by atoms with Gasteiger partial charge in [-0.25, -0.2) is 4.85 Å². The molecule has 0 atom stereocenters. The van der Waals surface area contributed by atoms with E-state index < -0.39 is 0 Å². The van der Waals surface area contributed by atoms with Gasteiger partial charge in [-0.3, -0.25) is 0 Å². The Morgan fingerprint density at radius 2 is 1.85 bits per heavy atom. The van der Waals surface area contributed by atoms with Crippen LogP contribution in [0.5, 0.6) is 0 Å². The van der Waals surface area contributed by atoms with Gasteiger partial charge in [0, 0.05) is 5.56 Å². The van der Waals surface area contributed by atoms with Gasteiger partial charge in [-0.05, 0) is 12.1 Å². The average molecular weight is 169 g/mol. The van der Waals surface area contributed by atoms with Crippen LogP contribution >= 0.6 is 0 Å². The van der Waals surface area contributed by atoms with Crippen molar-refractivity contribution < 1.29 is 4.42 Å². The summed E-state index contributed by atoms with van der Waals surface area (Å²) < 4.78 is 5.22. The molecule has 1 heterocycles. The molecule has 0 aliphatic carbocycles. The van der Waals surface area contributed by atoms with Crippen LogP contribution in [0.4, 0.5) is 5.69 Å². The molecule has 2 rings (SSSR count). The summed E-state index contributed by atoms with van der Waals surface area (Å²) in [6, 6.07) is 11.1. The van der Waals surface area contributed by atoms with E-state index in [1.54, 1.807) is 18.4 Å². The number of nitrogens with zero attached hydrogens (tertiary/aromatic N) is 1. The second-order valence-corrected chi connectivity index (χ2v) is 2.64. The predicted octanol–water partition coefficient (Wildman–Crippen LogP) is 3.50. The Bertz CT molecular complexity index is 420. The molecule has 0 saturated heterocycles. The smallest absolute Gasteiger partial charge is 0.187 e. The van der Waals surface area contributed by atoms with Crippen molar-refractivity contribution in [2.75, 3.05) is 0 Å². The Morgan fingerprint density at radius 3 is 2.38 bits per heavy atom. The summed E-state index contributed by atoms with van der Waals surface area (Å²) in [5.74, 6) is 0.830. The third-order valence-electron chi connectivity index (χ3n) is 1.80. The zero-order chi connectivity index (χ0) is 9.10. The molecule has 0 aliphatic heterocycles. The standard InChI is InChI=1S/C11H7NO/c1-12-10-6-4-9(5-7-10)11-3-2-8-13-11/h2-8H. The lowest BCUT2D eigenvalue weighted by Crippen LogP contribution is -1.70. The van der Waals surface area contributed by atoms with Crippen molar-refractivity contribution in [2.24, 2.45) is 0 Å². The first kappa shape index (κ1) is 7.63. The summed E-state index contributed by atoms with van der Waals surface area (Å²) in [6.45, 7) is 6.79. The van der Waals surface area contributed by atoms with Gasteiger partial charge in [0.05, 0.1) is 12.8 Å². The molecular weight excluding hydrogens is 162 g/mol. The topological polar surface area (TPSA) is 17.5 Å². The first-order valence-corrected chi connectivity index (χ1v) is 3.91. The van der Waals surface area contributed by atoms with Gasteiger partial charge in [0.2, 0.25) is 0 Å². The van der Waals surface area contributed by atoms with Crippen molar-refractivity contribution in [3.05, 3.63) is 54.1 Å². The minimum atomic E-state index is 0.648. The number of hydrogen-bond donors (Lipinski definition) is 0. The maximum Gasteiger partial charge on any atom is 0.187 e. The lowest BCUT2D eigenvalue weighted by atomic mass is 10.1. The molecule has 1 aromatic carbocycles. The maximum atomic E-state index is 6.79. The van der Waals surface area contributed by atoms with Crippen molar-refractivity contribution in [3.8, 4) is 11.3 Å². The normalized spacial score (nSPS) is 9.46. The lowest BCUT2D eigenvalue weighted by Gasteiger charge is -1.95. The molecule has 0 N–H and O–H groups in total. The summed E-state index contributed by atoms with van der Waals surface area (Å²) in [4.78, 5) is 3.31. The largest absolute Gasteiger partial charge is 0.464 e. The molecule has 0 saturated carbocycles. The van der Waals surface area contributed by atoms with Crippen molar-refractivity contribution in [3.63, 3.8) is 0 Å². The highest BCUT2D eigenvalue weighted by atomic mass is 16.3. The third-order valence-corrected chi connectivity index (χ3v) is 1.80. The minimum Gasteiger partial charge on any atom is -0.464 e. The fourth-order valence-electron chi connectivity index (χ4n) is 1.14. The van der Waals surface area contributed by atoms with Crippen LogP contribution in [0.2, 0.25) is 0 Å². The highest BCUT2D eigenvalue weighted by molar-refractivity contribution is 5.61. The van der Waals surface area contributed by atoms with Gasteiger partial charge in [-0.2, -0.15) is 0 Å². The fraction of sp³-hybridized carbons (Fsp3) is 0. The summed E-state index contributed by atoms with van der Waals surface area (Å²) in [6.07, 6.45) is 1.64. The summed E-state index contributed by atoms with van der Waals surface area (Å²) in [7, 11) is 0. The van der Waals surface area contributed by atoms with E-state index in [-0.39, 0.29) is 0 Å². The SMILES string of the molecule is [C-]#[N+]c1ccc(-c2ccco2)cc1. The third kappa shape index (κ3) is 1.45. The lowest BCUT2D eigenvalue weighted by molar-refractivity contribution is 0.582. The van der Waals surface area contributed by atoms with E-state index in [2.05, 4.69) is 4.85 Å². The van der Waals surface area contributed by atoms with Crippen molar-refractivity contribution >= 4 is 5.69 Å². The molecule has 0 fully saturated rings. The molecule has 0 bridgehead atoms. The quantitative estimate of drug-likeness (QED) is 0.597. The van der Waals surface area contributed by atoms with E-state index in [1.807, 2.05) is 24.3 Å². The van der Waals surface area contributed by atoms with Gasteiger partial charge >= 0.3 is 0 Å². The molecule has 2 heteroatoms. The minimum absolute atomic E-state index is 0.648. The molecular formula is C11H7NO. The van der Waals surface area contributed by atoms with Gasteiger partial charge in [-0.1, -0.05) is 24.3 Å². The van der Waals surface area contributed by atoms with E-state index in [9.17, 15) is 0 Å². The van der Waals surface area contributed by atoms with Crippen LogP contribution < -0.4 is 0 Å². The highest BCUT2D eigenvalue weighted by Gasteiger charge is 1.98. The van der Waals surface area contributed by atoms with Crippen molar-refractivity contribution in [1.82, 2.24) is 0 Å². The molecule has 0 radical (unpaired) electrons. The predicted molar refractivity (Wildman–Crippen MR) is 50.4 cm³/mol. The summed E-state index contributed by atoms with van der Waals surface area (Å²) >= 11 is 0. The van der Waals surface area contributed by atoms with E-state index >= 15 is 0 Å². The Morgan fingerprint density at radius 1 is 1.08 bits per heavy atom. The Hall–Kier alpha value is -2.01. The van der Waals surface area contributed by atoms with Gasteiger partial charge in [-0.15, -0.1) is 0 Å². The number of furan rings is 1. The first-order chi connectivity index (χ1) is 6.40. The molecule has 0 amide bonds. The summed E-state index contributed by atoms with van der Waals surface area (Å²) in [5.41, 5.74) is 1.65. The van der Waals surface area contributed by atoms with Gasteiger partial charge < -0.3 is 4.42 Å².